The number of fused-ring (bicyclic) bond motifs is 1. The fourth-order valence-corrected chi connectivity index (χ4v) is 1.91. The van der Waals surface area contributed by atoms with E-state index >= 15 is 0 Å². The summed E-state index contributed by atoms with van der Waals surface area (Å²) < 4.78 is 5.28. The summed E-state index contributed by atoms with van der Waals surface area (Å²) in [5.74, 6) is 0.851. The molecule has 1 unspecified atom stereocenters. The van der Waals surface area contributed by atoms with Gasteiger partial charge in [0.05, 0.1) is 17.7 Å². The SMILES string of the molecule is O=C1CC(Nc2nccc3occc23)CN1. The maximum absolute atomic E-state index is 11.1. The van der Waals surface area contributed by atoms with Gasteiger partial charge in [-0.2, -0.15) is 0 Å². The number of aromatic nitrogens is 1. The maximum atomic E-state index is 11.1. The van der Waals surface area contributed by atoms with Gasteiger partial charge in [-0.3, -0.25) is 4.79 Å². The molecule has 5 nitrogen and oxygen atoms in total. The molecule has 16 heavy (non-hydrogen) atoms. The van der Waals surface area contributed by atoms with Gasteiger partial charge in [-0.1, -0.05) is 0 Å². The predicted octanol–water partition coefficient (Wildman–Crippen LogP) is 1.13. The molecule has 82 valence electrons. The van der Waals surface area contributed by atoms with E-state index in [0.717, 1.165) is 16.8 Å². The Balaban J connectivity index is 1.88. The highest BCUT2D eigenvalue weighted by atomic mass is 16.3. The zero-order valence-electron chi connectivity index (χ0n) is 8.56. The highest BCUT2D eigenvalue weighted by Crippen LogP contribution is 2.22. The van der Waals surface area contributed by atoms with Crippen LogP contribution in [0.3, 0.4) is 0 Å². The molecule has 1 aliphatic rings. The van der Waals surface area contributed by atoms with Gasteiger partial charge in [-0.25, -0.2) is 4.98 Å². The lowest BCUT2D eigenvalue weighted by Gasteiger charge is -2.11. The van der Waals surface area contributed by atoms with Crippen molar-refractivity contribution in [2.24, 2.45) is 0 Å². The van der Waals surface area contributed by atoms with Crippen molar-refractivity contribution >= 4 is 22.7 Å². The monoisotopic (exact) mass is 217 g/mol. The lowest BCUT2D eigenvalue weighted by atomic mass is 10.2. The molecule has 3 heterocycles. The summed E-state index contributed by atoms with van der Waals surface area (Å²) in [5, 5.41) is 6.97. The number of nitrogens with zero attached hydrogens (tertiary/aromatic N) is 1. The van der Waals surface area contributed by atoms with Gasteiger partial charge in [0.25, 0.3) is 0 Å². The Kier molecular flexibility index (Phi) is 2.02. The van der Waals surface area contributed by atoms with Gasteiger partial charge >= 0.3 is 0 Å². The topological polar surface area (TPSA) is 67.2 Å². The van der Waals surface area contributed by atoms with Crippen molar-refractivity contribution in [1.82, 2.24) is 10.3 Å². The van der Waals surface area contributed by atoms with E-state index in [0.29, 0.717) is 13.0 Å². The third-order valence-electron chi connectivity index (χ3n) is 2.70. The van der Waals surface area contributed by atoms with Crippen LogP contribution in [0, 0.1) is 0 Å². The fourth-order valence-electron chi connectivity index (χ4n) is 1.91. The average molecular weight is 217 g/mol. The summed E-state index contributed by atoms with van der Waals surface area (Å²) in [7, 11) is 0. The van der Waals surface area contributed by atoms with Crippen molar-refractivity contribution in [3.8, 4) is 0 Å². The first-order chi connectivity index (χ1) is 7.83. The number of furan rings is 1. The molecule has 0 bridgehead atoms. The highest BCUT2D eigenvalue weighted by molar-refractivity contribution is 5.88. The predicted molar refractivity (Wildman–Crippen MR) is 59.0 cm³/mol. The Morgan fingerprint density at radius 1 is 1.50 bits per heavy atom. The first kappa shape index (κ1) is 9.21. The van der Waals surface area contributed by atoms with Gasteiger partial charge in [0.2, 0.25) is 5.91 Å². The van der Waals surface area contributed by atoms with Crippen LogP contribution in [-0.2, 0) is 4.79 Å². The molecule has 1 fully saturated rings. The lowest BCUT2D eigenvalue weighted by Crippen LogP contribution is -2.22. The van der Waals surface area contributed by atoms with Crippen LogP contribution in [0.25, 0.3) is 11.0 Å². The van der Waals surface area contributed by atoms with E-state index in [9.17, 15) is 4.79 Å². The van der Waals surface area contributed by atoms with Crippen molar-refractivity contribution in [2.75, 3.05) is 11.9 Å². The van der Waals surface area contributed by atoms with Gasteiger partial charge in [0.1, 0.15) is 11.4 Å². The van der Waals surface area contributed by atoms with Gasteiger partial charge < -0.3 is 15.1 Å². The van der Waals surface area contributed by atoms with Crippen LogP contribution in [0.2, 0.25) is 0 Å². The molecule has 1 saturated heterocycles. The van der Waals surface area contributed by atoms with Crippen LogP contribution in [0.5, 0.6) is 0 Å². The first-order valence-electron chi connectivity index (χ1n) is 5.18. The molecule has 0 aromatic carbocycles. The van der Waals surface area contributed by atoms with E-state index in [2.05, 4.69) is 15.6 Å². The zero-order valence-corrected chi connectivity index (χ0v) is 8.56. The largest absolute Gasteiger partial charge is 0.464 e. The molecule has 2 N–H and O–H groups in total. The molecule has 0 radical (unpaired) electrons. The molecular formula is C11H11N3O2. The maximum Gasteiger partial charge on any atom is 0.222 e. The van der Waals surface area contributed by atoms with Gasteiger partial charge in [-0.05, 0) is 12.1 Å². The minimum Gasteiger partial charge on any atom is -0.464 e. The second-order valence-electron chi connectivity index (χ2n) is 3.84. The molecule has 5 heteroatoms. The smallest absolute Gasteiger partial charge is 0.222 e. The second kappa shape index (κ2) is 3.52. The van der Waals surface area contributed by atoms with Crippen molar-refractivity contribution < 1.29 is 9.21 Å². The minimum atomic E-state index is 0.0804. The third-order valence-corrected chi connectivity index (χ3v) is 2.70. The minimum absolute atomic E-state index is 0.0804. The molecule has 3 rings (SSSR count). The Bertz CT molecular complexity index is 535. The van der Waals surface area contributed by atoms with E-state index in [-0.39, 0.29) is 11.9 Å². The number of pyridine rings is 1. The van der Waals surface area contributed by atoms with E-state index in [4.69, 9.17) is 4.42 Å². The quantitative estimate of drug-likeness (QED) is 0.791. The van der Waals surface area contributed by atoms with E-state index in [1.165, 1.54) is 0 Å². The Labute approximate surface area is 91.8 Å². The summed E-state index contributed by atoms with van der Waals surface area (Å²) in [6.45, 7) is 0.648. The summed E-state index contributed by atoms with van der Waals surface area (Å²) in [6.07, 6.45) is 3.82. The lowest BCUT2D eigenvalue weighted by molar-refractivity contribution is -0.119. The van der Waals surface area contributed by atoms with Crippen LogP contribution >= 0.6 is 0 Å². The number of anilines is 1. The van der Waals surface area contributed by atoms with Crippen LogP contribution in [0.4, 0.5) is 5.82 Å². The van der Waals surface area contributed by atoms with Crippen LogP contribution < -0.4 is 10.6 Å². The van der Waals surface area contributed by atoms with Crippen LogP contribution in [0.1, 0.15) is 6.42 Å². The molecule has 1 aliphatic heterocycles. The third kappa shape index (κ3) is 1.50. The van der Waals surface area contributed by atoms with Crippen molar-refractivity contribution in [1.29, 1.82) is 0 Å². The highest BCUT2D eigenvalue weighted by Gasteiger charge is 2.22. The summed E-state index contributed by atoms with van der Waals surface area (Å²) >= 11 is 0. The number of amides is 1. The van der Waals surface area contributed by atoms with Crippen molar-refractivity contribution in [2.45, 2.75) is 12.5 Å². The molecule has 0 spiro atoms. The average Bonchev–Trinajstić information content (AvgIpc) is 2.87. The van der Waals surface area contributed by atoms with Gasteiger partial charge in [-0.15, -0.1) is 0 Å². The van der Waals surface area contributed by atoms with Crippen LogP contribution in [0.15, 0.2) is 29.0 Å². The number of rotatable bonds is 2. The number of hydrogen-bond acceptors (Lipinski definition) is 4. The van der Waals surface area contributed by atoms with E-state index in [1.807, 2.05) is 12.1 Å². The normalized spacial score (nSPS) is 20.0. The number of hydrogen-bond donors (Lipinski definition) is 2. The molecular weight excluding hydrogens is 206 g/mol. The molecule has 0 saturated carbocycles. The van der Waals surface area contributed by atoms with Crippen molar-refractivity contribution in [3.63, 3.8) is 0 Å². The Morgan fingerprint density at radius 2 is 2.44 bits per heavy atom. The molecule has 0 aliphatic carbocycles. The summed E-state index contributed by atoms with van der Waals surface area (Å²) in [6, 6.07) is 3.80. The molecule has 1 atom stereocenters. The summed E-state index contributed by atoms with van der Waals surface area (Å²) in [5.41, 5.74) is 0.801. The van der Waals surface area contributed by atoms with Crippen molar-refractivity contribution in [3.05, 3.63) is 24.6 Å². The Morgan fingerprint density at radius 3 is 3.25 bits per heavy atom. The fraction of sp³-hybridized carbons (Fsp3) is 0.273. The molecule has 1 amide bonds. The van der Waals surface area contributed by atoms with E-state index < -0.39 is 0 Å². The van der Waals surface area contributed by atoms with Gasteiger partial charge in [0, 0.05) is 19.2 Å². The standard InChI is InChI=1S/C11H11N3O2/c15-10-5-7(6-13-10)14-11-8-2-4-16-9(8)1-3-12-11/h1-4,7H,5-6H2,(H,12,14)(H,13,15). The summed E-state index contributed by atoms with van der Waals surface area (Å²) in [4.78, 5) is 15.3. The number of carbonyl (C=O) groups excluding carboxylic acids is 1. The van der Waals surface area contributed by atoms with Gasteiger partial charge in [0.15, 0.2) is 0 Å². The zero-order chi connectivity index (χ0) is 11.0. The second-order valence-corrected chi connectivity index (χ2v) is 3.84. The van der Waals surface area contributed by atoms with E-state index in [1.54, 1.807) is 12.5 Å². The molecule has 2 aromatic heterocycles. The molecule has 2 aromatic rings. The Hall–Kier alpha value is -2.04. The first-order valence-corrected chi connectivity index (χ1v) is 5.18. The number of carbonyl (C=O) groups is 1. The van der Waals surface area contributed by atoms with Crippen LogP contribution in [-0.4, -0.2) is 23.5 Å². The number of nitrogens with one attached hydrogen (secondary N) is 2.